The van der Waals surface area contributed by atoms with Crippen molar-refractivity contribution in [1.29, 1.82) is 0 Å². The Hall–Kier alpha value is 0.331. The highest BCUT2D eigenvalue weighted by atomic mass is 28.5. The average Bonchev–Trinajstić information content (AvgIpc) is 3.49. The molecule has 1 aliphatic rings. The Morgan fingerprint density at radius 2 is 1.40 bits per heavy atom. The summed E-state index contributed by atoms with van der Waals surface area (Å²) in [5, 5.41) is 0. The zero-order chi connectivity index (χ0) is 22.5. The molecule has 0 bridgehead atoms. The molecule has 0 radical (unpaired) electrons. The number of hydrogen-bond acceptors (Lipinski definition) is 8. The molecule has 0 N–H and O–H groups in total. The van der Waals surface area contributed by atoms with Crippen LogP contribution in [0.4, 0.5) is 0 Å². The second kappa shape index (κ2) is 14.5. The largest absolute Gasteiger partial charge is 0.491 e. The van der Waals surface area contributed by atoms with Gasteiger partial charge in [0.1, 0.15) is 6.10 Å². The van der Waals surface area contributed by atoms with E-state index in [0.717, 1.165) is 25.5 Å². The molecule has 0 aromatic rings. The molecule has 0 aliphatic carbocycles. The molecule has 1 heterocycles. The predicted octanol–water partition coefficient (Wildman–Crippen LogP) is 3.41. The summed E-state index contributed by atoms with van der Waals surface area (Å²) in [5.41, 5.74) is 0. The van der Waals surface area contributed by atoms with Crippen molar-refractivity contribution in [2.45, 2.75) is 64.1 Å². The summed E-state index contributed by atoms with van der Waals surface area (Å²) in [4.78, 5) is 0. The van der Waals surface area contributed by atoms with Gasteiger partial charge in [0.15, 0.2) is 8.32 Å². The van der Waals surface area contributed by atoms with Crippen LogP contribution in [0.3, 0.4) is 0 Å². The van der Waals surface area contributed by atoms with Gasteiger partial charge in [-0.1, -0.05) is 0 Å². The minimum atomic E-state index is -2.84. The maximum atomic E-state index is 6.67. The van der Waals surface area contributed by atoms with Crippen molar-refractivity contribution >= 4 is 25.7 Å². The van der Waals surface area contributed by atoms with Gasteiger partial charge in [-0.2, -0.15) is 0 Å². The highest BCUT2D eigenvalue weighted by Gasteiger charge is 2.48. The maximum absolute atomic E-state index is 6.67. The molecule has 8 nitrogen and oxygen atoms in total. The Kier molecular flexibility index (Phi) is 13.7. The normalized spacial score (nSPS) is 19.1. The first-order chi connectivity index (χ1) is 14.2. The van der Waals surface area contributed by atoms with Gasteiger partial charge < -0.3 is 36.0 Å². The van der Waals surface area contributed by atoms with Crippen LogP contribution >= 0.6 is 0 Å². The number of epoxide rings is 1. The summed E-state index contributed by atoms with van der Waals surface area (Å²) < 4.78 is 46.8. The Balaban J connectivity index is 2.57. The highest BCUT2D eigenvalue weighted by molar-refractivity contribution is 6.85. The summed E-state index contributed by atoms with van der Waals surface area (Å²) in [6.45, 7) is 15.4. The summed E-state index contributed by atoms with van der Waals surface area (Å²) in [7, 11) is -3.81. The van der Waals surface area contributed by atoms with Gasteiger partial charge in [0.05, 0.1) is 26.4 Å². The van der Waals surface area contributed by atoms with Gasteiger partial charge in [0, 0.05) is 40.1 Å². The van der Waals surface area contributed by atoms with Gasteiger partial charge in [-0.3, -0.25) is 0 Å². The quantitative estimate of drug-likeness (QED) is 0.148. The third-order valence-corrected chi connectivity index (χ3v) is 15.1. The number of rotatable bonds is 20. The fraction of sp³-hybridized carbons (Fsp3) is 1.00. The van der Waals surface area contributed by atoms with E-state index in [4.69, 9.17) is 36.0 Å². The predicted molar refractivity (Wildman–Crippen MR) is 124 cm³/mol. The van der Waals surface area contributed by atoms with Crippen LogP contribution in [0.5, 0.6) is 0 Å². The second-order valence-corrected chi connectivity index (χ2v) is 19.9. The standard InChI is InChI=1S/C19H44O8Si3/c1-8-22-13-14-23-11-9-15-29(7,26-28(4,5)6)27-30(20-2,21-3)16-10-12-24-17-19-18-25-19/h19H,8-18H2,1-7H3. The Labute approximate surface area is 186 Å². The molecular weight excluding hydrogens is 440 g/mol. The third-order valence-electron chi connectivity index (χ3n) is 4.49. The van der Waals surface area contributed by atoms with Crippen LogP contribution in [0.2, 0.25) is 38.3 Å². The van der Waals surface area contributed by atoms with Crippen molar-refractivity contribution in [2.24, 2.45) is 0 Å². The van der Waals surface area contributed by atoms with Crippen LogP contribution in [0.25, 0.3) is 0 Å². The van der Waals surface area contributed by atoms with Gasteiger partial charge in [0.2, 0.25) is 0 Å². The lowest BCUT2D eigenvalue weighted by atomic mass is 10.5. The second-order valence-electron chi connectivity index (χ2n) is 8.59. The van der Waals surface area contributed by atoms with Crippen molar-refractivity contribution in [3.8, 4) is 0 Å². The van der Waals surface area contributed by atoms with Gasteiger partial charge in [-0.25, -0.2) is 0 Å². The van der Waals surface area contributed by atoms with E-state index in [2.05, 4.69) is 26.2 Å². The first-order valence-electron chi connectivity index (χ1n) is 11.0. The molecule has 0 aromatic carbocycles. The van der Waals surface area contributed by atoms with E-state index >= 15 is 0 Å². The molecule has 0 amide bonds. The molecule has 0 spiro atoms. The van der Waals surface area contributed by atoms with E-state index in [9.17, 15) is 0 Å². The van der Waals surface area contributed by atoms with Crippen molar-refractivity contribution in [1.82, 2.24) is 0 Å². The van der Waals surface area contributed by atoms with Gasteiger partial charge >= 0.3 is 17.4 Å². The molecule has 0 saturated carbocycles. The van der Waals surface area contributed by atoms with E-state index in [0.29, 0.717) is 45.7 Å². The van der Waals surface area contributed by atoms with E-state index < -0.39 is 25.7 Å². The SMILES string of the molecule is CCOCCOCCC[Si](C)(O[Si](C)(C)C)O[Si](CCCOCC1CO1)(OC)OC. The topological polar surface area (TPSA) is 77.1 Å². The van der Waals surface area contributed by atoms with Crippen LogP contribution in [0, 0.1) is 0 Å². The Morgan fingerprint density at radius 3 is 1.97 bits per heavy atom. The molecule has 2 unspecified atom stereocenters. The molecule has 1 rings (SSSR count). The first-order valence-corrected chi connectivity index (χ1v) is 18.9. The summed E-state index contributed by atoms with van der Waals surface area (Å²) in [6.07, 6.45) is 1.98. The summed E-state index contributed by atoms with van der Waals surface area (Å²) >= 11 is 0. The summed E-state index contributed by atoms with van der Waals surface area (Å²) in [6, 6.07) is 1.54. The van der Waals surface area contributed by atoms with E-state index in [1.807, 2.05) is 6.92 Å². The first kappa shape index (κ1) is 28.4. The lowest BCUT2D eigenvalue weighted by Crippen LogP contribution is -2.57. The molecule has 1 fully saturated rings. The molecule has 1 saturated heterocycles. The molecule has 1 aliphatic heterocycles. The lowest BCUT2D eigenvalue weighted by Gasteiger charge is -2.40. The maximum Gasteiger partial charge on any atom is 0.491 e. The molecule has 11 heteroatoms. The average molecular weight is 485 g/mol. The lowest BCUT2D eigenvalue weighted by molar-refractivity contribution is 0.0524. The fourth-order valence-corrected chi connectivity index (χ4v) is 15.3. The third kappa shape index (κ3) is 13.0. The molecule has 2 atom stereocenters. The zero-order valence-corrected chi connectivity index (χ0v) is 23.1. The Morgan fingerprint density at radius 1 is 0.800 bits per heavy atom. The highest BCUT2D eigenvalue weighted by Crippen LogP contribution is 2.28. The van der Waals surface area contributed by atoms with Gasteiger partial charge in [0.25, 0.3) is 0 Å². The zero-order valence-electron chi connectivity index (χ0n) is 20.1. The fourth-order valence-electron chi connectivity index (χ4n) is 3.15. The van der Waals surface area contributed by atoms with Crippen molar-refractivity contribution in [2.75, 3.05) is 60.5 Å². The van der Waals surface area contributed by atoms with Crippen LogP contribution in [-0.4, -0.2) is 92.3 Å². The van der Waals surface area contributed by atoms with Crippen LogP contribution < -0.4 is 0 Å². The van der Waals surface area contributed by atoms with Gasteiger partial charge in [-0.15, -0.1) is 0 Å². The minimum Gasteiger partial charge on any atom is -0.437 e. The van der Waals surface area contributed by atoms with Gasteiger partial charge in [-0.05, 0) is 52.0 Å². The van der Waals surface area contributed by atoms with Crippen molar-refractivity contribution in [3.05, 3.63) is 0 Å². The number of hydrogen-bond donors (Lipinski definition) is 0. The molecule has 0 aromatic heterocycles. The van der Waals surface area contributed by atoms with E-state index in [1.54, 1.807) is 14.2 Å². The van der Waals surface area contributed by atoms with Crippen LogP contribution in [-0.2, 0) is 36.0 Å². The van der Waals surface area contributed by atoms with E-state index in [-0.39, 0.29) is 6.10 Å². The Bertz CT molecular complexity index is 444. The summed E-state index contributed by atoms with van der Waals surface area (Å²) in [5.74, 6) is 0. The molecule has 30 heavy (non-hydrogen) atoms. The van der Waals surface area contributed by atoms with Crippen molar-refractivity contribution in [3.63, 3.8) is 0 Å². The smallest absolute Gasteiger partial charge is 0.437 e. The molecule has 180 valence electrons. The van der Waals surface area contributed by atoms with Crippen LogP contribution in [0.15, 0.2) is 0 Å². The minimum absolute atomic E-state index is 0.282. The molecular formula is C19H44O8Si3. The monoisotopic (exact) mass is 484 g/mol. The van der Waals surface area contributed by atoms with Crippen molar-refractivity contribution < 1.29 is 36.0 Å². The van der Waals surface area contributed by atoms with E-state index in [1.165, 1.54) is 0 Å². The number of ether oxygens (including phenoxy) is 4. The van der Waals surface area contributed by atoms with Crippen LogP contribution in [0.1, 0.15) is 19.8 Å².